The summed E-state index contributed by atoms with van der Waals surface area (Å²) >= 11 is 1.53. The molecule has 28 heavy (non-hydrogen) atoms. The van der Waals surface area contributed by atoms with Crippen molar-refractivity contribution in [3.8, 4) is 28.0 Å². The highest BCUT2D eigenvalue weighted by Gasteiger charge is 2.15. The molecule has 0 unspecified atom stereocenters. The number of nitrogens with one attached hydrogen (secondary N) is 1. The van der Waals surface area contributed by atoms with Gasteiger partial charge in [0, 0.05) is 6.54 Å². The van der Waals surface area contributed by atoms with Crippen LogP contribution in [-0.4, -0.2) is 44.7 Å². The Kier molecular flexibility index (Phi) is 5.11. The van der Waals surface area contributed by atoms with Crippen LogP contribution in [0.25, 0.3) is 22.3 Å². The summed E-state index contributed by atoms with van der Waals surface area (Å²) in [7, 11) is 1.53. The minimum atomic E-state index is -0.213. The molecule has 0 saturated carbocycles. The molecular weight excluding hydrogens is 380 g/mol. The lowest BCUT2D eigenvalue weighted by Gasteiger charge is -2.08. The van der Waals surface area contributed by atoms with Crippen molar-refractivity contribution in [2.45, 2.75) is 6.54 Å². The number of thiophene rings is 1. The van der Waals surface area contributed by atoms with Gasteiger partial charge in [0.1, 0.15) is 5.75 Å². The van der Waals surface area contributed by atoms with E-state index in [9.17, 15) is 4.79 Å². The molecule has 1 aromatic carbocycles. The molecule has 0 bridgehead atoms. The van der Waals surface area contributed by atoms with Gasteiger partial charge in [-0.2, -0.15) is 4.98 Å². The fourth-order valence-corrected chi connectivity index (χ4v) is 3.20. The van der Waals surface area contributed by atoms with Gasteiger partial charge in [0.15, 0.2) is 5.69 Å². The molecule has 10 heteroatoms. The van der Waals surface area contributed by atoms with Gasteiger partial charge in [-0.1, -0.05) is 28.6 Å². The van der Waals surface area contributed by atoms with Crippen LogP contribution < -0.4 is 10.1 Å². The zero-order valence-corrected chi connectivity index (χ0v) is 15.7. The van der Waals surface area contributed by atoms with Gasteiger partial charge in [0.2, 0.25) is 5.82 Å². The largest absolute Gasteiger partial charge is 0.496 e. The third-order valence-corrected chi connectivity index (χ3v) is 4.77. The number of aromatic nitrogens is 5. The number of benzene rings is 1. The van der Waals surface area contributed by atoms with Crippen molar-refractivity contribution in [2.24, 2.45) is 0 Å². The number of hydrogen-bond donors (Lipinski definition) is 1. The van der Waals surface area contributed by atoms with Gasteiger partial charge < -0.3 is 14.6 Å². The predicted molar refractivity (Wildman–Crippen MR) is 102 cm³/mol. The molecule has 0 aliphatic heterocycles. The van der Waals surface area contributed by atoms with E-state index in [2.05, 4.69) is 25.8 Å². The Labute approximate surface area is 164 Å². The van der Waals surface area contributed by atoms with Gasteiger partial charge in [-0.25, -0.2) is 4.68 Å². The van der Waals surface area contributed by atoms with Crippen molar-refractivity contribution < 1.29 is 14.1 Å². The number of methoxy groups -OCH3 is 1. The molecule has 3 aromatic heterocycles. The van der Waals surface area contributed by atoms with Gasteiger partial charge in [0.05, 0.1) is 30.3 Å². The van der Waals surface area contributed by atoms with Crippen LogP contribution in [0.1, 0.15) is 10.4 Å². The van der Waals surface area contributed by atoms with Crippen molar-refractivity contribution in [1.82, 2.24) is 30.5 Å². The van der Waals surface area contributed by atoms with Crippen LogP contribution in [0.3, 0.4) is 0 Å². The lowest BCUT2D eigenvalue weighted by atomic mass is 10.2. The Balaban J connectivity index is 1.36. The number of carbonyl (C=O) groups excluding carboxylic acids is 1. The van der Waals surface area contributed by atoms with E-state index in [4.69, 9.17) is 9.26 Å². The number of ether oxygens (including phenoxy) is 1. The standard InChI is InChI=1S/C18H16N6O3S/c1-26-14-6-3-2-5-12(14)17(25)19-8-9-24-11-13(21-23-24)18-20-16(22-27-18)15-7-4-10-28-15/h2-7,10-11H,8-9H2,1H3,(H,19,25). The molecule has 3 heterocycles. The van der Waals surface area contributed by atoms with Crippen LogP contribution in [-0.2, 0) is 6.54 Å². The summed E-state index contributed by atoms with van der Waals surface area (Å²) in [6.07, 6.45) is 1.70. The Morgan fingerprint density at radius 2 is 2.18 bits per heavy atom. The molecular formula is C18H16N6O3S. The maximum Gasteiger partial charge on any atom is 0.280 e. The number of amides is 1. The molecule has 0 aliphatic carbocycles. The quantitative estimate of drug-likeness (QED) is 0.511. The Bertz CT molecular complexity index is 1070. The highest BCUT2D eigenvalue weighted by molar-refractivity contribution is 7.13. The lowest BCUT2D eigenvalue weighted by molar-refractivity contribution is 0.0949. The van der Waals surface area contributed by atoms with Crippen LogP contribution in [0.5, 0.6) is 5.75 Å². The summed E-state index contributed by atoms with van der Waals surface area (Å²) in [4.78, 5) is 17.5. The maximum absolute atomic E-state index is 12.3. The summed E-state index contributed by atoms with van der Waals surface area (Å²) < 4.78 is 12.1. The first-order chi connectivity index (χ1) is 13.7. The van der Waals surface area contributed by atoms with Crippen molar-refractivity contribution in [1.29, 1.82) is 0 Å². The van der Waals surface area contributed by atoms with Crippen LogP contribution in [0.2, 0.25) is 0 Å². The minimum absolute atomic E-state index is 0.213. The summed E-state index contributed by atoms with van der Waals surface area (Å²) in [5.41, 5.74) is 0.961. The highest BCUT2D eigenvalue weighted by atomic mass is 32.1. The second-order valence-electron chi connectivity index (χ2n) is 5.72. The number of rotatable bonds is 7. The number of hydrogen-bond acceptors (Lipinski definition) is 8. The monoisotopic (exact) mass is 396 g/mol. The molecule has 0 aliphatic rings. The van der Waals surface area contributed by atoms with Crippen molar-refractivity contribution in [3.63, 3.8) is 0 Å². The van der Waals surface area contributed by atoms with Crippen LogP contribution >= 0.6 is 11.3 Å². The molecule has 142 valence electrons. The zero-order valence-electron chi connectivity index (χ0n) is 14.9. The first-order valence-electron chi connectivity index (χ1n) is 8.44. The fourth-order valence-electron chi connectivity index (χ4n) is 2.55. The average molecular weight is 396 g/mol. The fraction of sp³-hybridized carbons (Fsp3) is 0.167. The van der Waals surface area contributed by atoms with Gasteiger partial charge in [-0.3, -0.25) is 4.79 Å². The van der Waals surface area contributed by atoms with E-state index in [0.717, 1.165) is 4.88 Å². The Morgan fingerprint density at radius 1 is 1.29 bits per heavy atom. The summed E-state index contributed by atoms with van der Waals surface area (Å²) in [5.74, 6) is 1.13. The molecule has 9 nitrogen and oxygen atoms in total. The van der Waals surface area contributed by atoms with Gasteiger partial charge >= 0.3 is 0 Å². The second kappa shape index (κ2) is 8.01. The Morgan fingerprint density at radius 3 is 3.00 bits per heavy atom. The van der Waals surface area contributed by atoms with E-state index < -0.39 is 0 Å². The van der Waals surface area contributed by atoms with Crippen LogP contribution in [0.15, 0.2) is 52.5 Å². The first kappa shape index (κ1) is 17.9. The molecule has 0 saturated heterocycles. The van der Waals surface area contributed by atoms with Crippen molar-refractivity contribution >= 4 is 17.2 Å². The molecule has 1 N–H and O–H groups in total. The predicted octanol–water partition coefficient (Wildman–Crippen LogP) is 2.50. The number of carbonyl (C=O) groups is 1. The topological polar surface area (TPSA) is 108 Å². The SMILES string of the molecule is COc1ccccc1C(=O)NCCn1cc(-c2nc(-c3cccs3)no2)nn1. The summed E-state index contributed by atoms with van der Waals surface area (Å²) in [5, 5.41) is 16.8. The second-order valence-corrected chi connectivity index (χ2v) is 6.67. The molecule has 0 spiro atoms. The van der Waals surface area contributed by atoms with Gasteiger partial charge in [-0.15, -0.1) is 16.4 Å². The molecule has 0 fully saturated rings. The molecule has 0 atom stereocenters. The van der Waals surface area contributed by atoms with E-state index in [1.54, 1.807) is 29.1 Å². The van der Waals surface area contributed by atoms with Gasteiger partial charge in [-0.05, 0) is 23.6 Å². The normalized spacial score (nSPS) is 10.8. The lowest BCUT2D eigenvalue weighted by Crippen LogP contribution is -2.27. The molecule has 4 aromatic rings. The van der Waals surface area contributed by atoms with E-state index in [0.29, 0.717) is 41.8 Å². The summed E-state index contributed by atoms with van der Waals surface area (Å²) in [6.45, 7) is 0.823. The molecule has 1 amide bonds. The first-order valence-corrected chi connectivity index (χ1v) is 9.32. The Hall–Kier alpha value is -3.53. The van der Waals surface area contributed by atoms with E-state index in [1.165, 1.54) is 18.4 Å². The zero-order chi connectivity index (χ0) is 19.3. The third-order valence-electron chi connectivity index (χ3n) is 3.90. The van der Waals surface area contributed by atoms with Crippen molar-refractivity contribution in [3.05, 3.63) is 53.5 Å². The van der Waals surface area contributed by atoms with Gasteiger partial charge in [0.25, 0.3) is 11.8 Å². The molecule has 0 radical (unpaired) electrons. The minimum Gasteiger partial charge on any atom is -0.496 e. The van der Waals surface area contributed by atoms with E-state index in [-0.39, 0.29) is 5.91 Å². The maximum atomic E-state index is 12.3. The number of nitrogens with zero attached hydrogens (tertiary/aromatic N) is 5. The van der Waals surface area contributed by atoms with Crippen LogP contribution in [0.4, 0.5) is 0 Å². The average Bonchev–Trinajstić information content (AvgIpc) is 3.48. The van der Waals surface area contributed by atoms with E-state index in [1.807, 2.05) is 23.6 Å². The van der Waals surface area contributed by atoms with Crippen LogP contribution in [0, 0.1) is 0 Å². The highest BCUT2D eigenvalue weighted by Crippen LogP contribution is 2.24. The van der Waals surface area contributed by atoms with Crippen molar-refractivity contribution in [2.75, 3.05) is 13.7 Å². The third kappa shape index (κ3) is 3.76. The summed E-state index contributed by atoms with van der Waals surface area (Å²) in [6, 6.07) is 10.9. The number of para-hydroxylation sites is 1. The van der Waals surface area contributed by atoms with E-state index >= 15 is 0 Å². The molecule has 4 rings (SSSR count). The smallest absolute Gasteiger partial charge is 0.280 e.